The summed E-state index contributed by atoms with van der Waals surface area (Å²) >= 11 is 6.24. The number of fused-ring (bicyclic) bond motifs is 3. The number of halogens is 6. The molecule has 0 bridgehead atoms. The Kier molecular flexibility index (Phi) is 5.47. The molecule has 0 radical (unpaired) electrons. The van der Waals surface area contributed by atoms with Gasteiger partial charge in [0.25, 0.3) is 17.7 Å². The van der Waals surface area contributed by atoms with Crippen LogP contribution in [0.2, 0.25) is 5.02 Å². The van der Waals surface area contributed by atoms with Crippen LogP contribution in [0.25, 0.3) is 0 Å². The molecular weight excluding hydrogens is 509 g/mol. The molecule has 6 nitrogen and oxygen atoms in total. The van der Waals surface area contributed by atoms with E-state index in [0.717, 1.165) is 12.1 Å². The van der Waals surface area contributed by atoms with Crippen LogP contribution in [-0.2, 0) is 12.7 Å². The highest BCUT2D eigenvalue weighted by atomic mass is 35.5. The molecule has 36 heavy (non-hydrogen) atoms. The second kappa shape index (κ2) is 8.30. The van der Waals surface area contributed by atoms with Gasteiger partial charge in [-0.05, 0) is 48.0 Å². The number of rotatable bonds is 3. The van der Waals surface area contributed by atoms with E-state index in [-0.39, 0.29) is 45.6 Å². The first-order chi connectivity index (χ1) is 16.9. The van der Waals surface area contributed by atoms with Crippen LogP contribution in [0, 0.1) is 11.6 Å². The van der Waals surface area contributed by atoms with Crippen molar-refractivity contribution in [2.45, 2.75) is 18.8 Å². The van der Waals surface area contributed by atoms with E-state index in [4.69, 9.17) is 11.6 Å². The highest BCUT2D eigenvalue weighted by Crippen LogP contribution is 2.43. The number of anilines is 1. The normalized spacial score (nSPS) is 16.3. The van der Waals surface area contributed by atoms with Crippen LogP contribution < -0.4 is 16.0 Å². The molecule has 2 aliphatic rings. The summed E-state index contributed by atoms with van der Waals surface area (Å²) in [6.45, 7) is 0.0145. The molecule has 3 aromatic carbocycles. The molecule has 5 rings (SSSR count). The minimum atomic E-state index is -4.90. The minimum Gasteiger partial charge on any atom is -0.348 e. The Morgan fingerprint density at radius 2 is 1.75 bits per heavy atom. The Bertz CT molecular complexity index is 1490. The van der Waals surface area contributed by atoms with E-state index in [1.807, 2.05) is 0 Å². The Morgan fingerprint density at radius 3 is 2.47 bits per heavy atom. The first-order valence-electron chi connectivity index (χ1n) is 10.4. The highest BCUT2D eigenvalue weighted by Gasteiger charge is 2.40. The van der Waals surface area contributed by atoms with E-state index in [9.17, 15) is 36.3 Å². The quantitative estimate of drug-likeness (QED) is 0.426. The molecule has 2 heterocycles. The number of hydrogen-bond acceptors (Lipinski definition) is 3. The molecule has 0 saturated heterocycles. The third kappa shape index (κ3) is 3.95. The van der Waals surface area contributed by atoms with Gasteiger partial charge < -0.3 is 16.0 Å². The molecule has 3 N–H and O–H groups in total. The Morgan fingerprint density at radius 1 is 1.00 bits per heavy atom. The average Bonchev–Trinajstić information content (AvgIpc) is 3.34. The first-order valence-corrected chi connectivity index (χ1v) is 10.7. The maximum Gasteiger partial charge on any atom is 0.416 e. The summed E-state index contributed by atoms with van der Waals surface area (Å²) in [6, 6.07) is 5.03. The van der Waals surface area contributed by atoms with Gasteiger partial charge in [-0.25, -0.2) is 8.78 Å². The van der Waals surface area contributed by atoms with Crippen LogP contribution in [-0.4, -0.2) is 17.7 Å². The lowest BCUT2D eigenvalue weighted by atomic mass is 9.91. The molecule has 3 amide bonds. The standard InChI is InChI=1S/C24H13ClF5N3O3/c25-16-2-1-11(26)6-14(16)20-19-17(7-13-15(8-31-22(13)35)18(19)23(36)33-20)32-21(34)9-3-10(24(28,29)30)5-12(27)4-9/h1-7,20H,8H2,(H,31,35)(H,32,34)(H,33,36). The number of carbonyl (C=O) groups is 3. The van der Waals surface area contributed by atoms with Gasteiger partial charge in [0.2, 0.25) is 0 Å². The summed E-state index contributed by atoms with van der Waals surface area (Å²) in [5, 5.41) is 7.70. The Hall–Kier alpha value is -3.99. The zero-order valence-corrected chi connectivity index (χ0v) is 18.6. The van der Waals surface area contributed by atoms with Crippen molar-refractivity contribution in [3.63, 3.8) is 0 Å². The van der Waals surface area contributed by atoms with Crippen LogP contribution in [0.3, 0.4) is 0 Å². The van der Waals surface area contributed by atoms with Crippen molar-refractivity contribution in [1.29, 1.82) is 0 Å². The molecule has 1 unspecified atom stereocenters. The van der Waals surface area contributed by atoms with Crippen molar-refractivity contribution in [3.8, 4) is 0 Å². The highest BCUT2D eigenvalue weighted by molar-refractivity contribution is 6.31. The van der Waals surface area contributed by atoms with E-state index < -0.39 is 52.7 Å². The van der Waals surface area contributed by atoms with Gasteiger partial charge in [0.1, 0.15) is 11.6 Å². The van der Waals surface area contributed by atoms with Gasteiger partial charge in [-0.3, -0.25) is 14.4 Å². The molecule has 12 heteroatoms. The second-order valence-corrected chi connectivity index (χ2v) is 8.58. The number of benzene rings is 3. The van der Waals surface area contributed by atoms with E-state index in [1.54, 1.807) is 0 Å². The number of nitrogens with one attached hydrogen (secondary N) is 3. The van der Waals surface area contributed by atoms with Crippen LogP contribution in [0.1, 0.15) is 59.4 Å². The zero-order chi connectivity index (χ0) is 25.9. The fraction of sp³-hybridized carbons (Fsp3) is 0.125. The van der Waals surface area contributed by atoms with E-state index in [0.29, 0.717) is 17.7 Å². The number of alkyl halides is 3. The lowest BCUT2D eigenvalue weighted by Crippen LogP contribution is -2.21. The molecule has 0 spiro atoms. The van der Waals surface area contributed by atoms with E-state index in [1.165, 1.54) is 12.1 Å². The molecule has 0 aromatic heterocycles. The Labute approximate surface area is 204 Å². The van der Waals surface area contributed by atoms with Crippen molar-refractivity contribution < 1.29 is 36.3 Å². The predicted octanol–water partition coefficient (Wildman–Crippen LogP) is 4.97. The van der Waals surface area contributed by atoms with Gasteiger partial charge in [-0.15, -0.1) is 0 Å². The molecule has 184 valence electrons. The third-order valence-corrected chi connectivity index (χ3v) is 6.29. The second-order valence-electron chi connectivity index (χ2n) is 8.17. The third-order valence-electron chi connectivity index (χ3n) is 5.94. The van der Waals surface area contributed by atoms with Crippen LogP contribution in [0.5, 0.6) is 0 Å². The van der Waals surface area contributed by atoms with Gasteiger partial charge >= 0.3 is 6.18 Å². The van der Waals surface area contributed by atoms with Gasteiger partial charge in [0.05, 0.1) is 17.2 Å². The SMILES string of the molecule is O=C(Nc1cc2c(c3c1C(c1cc(F)ccc1Cl)NC3=O)CNC2=O)c1cc(F)cc(C(F)(F)F)c1. The van der Waals surface area contributed by atoms with E-state index >= 15 is 0 Å². The fourth-order valence-corrected chi connectivity index (χ4v) is 4.60. The fourth-order valence-electron chi connectivity index (χ4n) is 4.38. The minimum absolute atomic E-state index is 0.0145. The average molecular weight is 522 g/mol. The number of hydrogen-bond donors (Lipinski definition) is 3. The predicted molar refractivity (Wildman–Crippen MR) is 118 cm³/mol. The summed E-state index contributed by atoms with van der Waals surface area (Å²) in [5.41, 5.74) is -1.36. The van der Waals surface area contributed by atoms with Crippen molar-refractivity contribution in [3.05, 3.63) is 98.1 Å². The zero-order valence-electron chi connectivity index (χ0n) is 17.8. The summed E-state index contributed by atoms with van der Waals surface area (Å²) in [6.07, 6.45) is -4.90. The topological polar surface area (TPSA) is 87.3 Å². The van der Waals surface area contributed by atoms with Crippen molar-refractivity contribution >= 4 is 35.0 Å². The smallest absolute Gasteiger partial charge is 0.348 e. The molecule has 3 aromatic rings. The summed E-state index contributed by atoms with van der Waals surface area (Å²) in [4.78, 5) is 38.2. The van der Waals surface area contributed by atoms with Crippen LogP contribution in [0.15, 0.2) is 42.5 Å². The summed E-state index contributed by atoms with van der Waals surface area (Å²) in [7, 11) is 0. The van der Waals surface area contributed by atoms with Gasteiger partial charge in [0, 0.05) is 39.5 Å². The number of carbonyl (C=O) groups excluding carboxylic acids is 3. The molecule has 0 fully saturated rings. The lowest BCUT2D eigenvalue weighted by molar-refractivity contribution is -0.137. The molecule has 1 atom stereocenters. The van der Waals surface area contributed by atoms with Gasteiger partial charge in [-0.2, -0.15) is 13.2 Å². The largest absolute Gasteiger partial charge is 0.416 e. The molecule has 2 aliphatic heterocycles. The van der Waals surface area contributed by atoms with Crippen molar-refractivity contribution in [2.75, 3.05) is 5.32 Å². The maximum atomic E-state index is 14.0. The molecule has 0 saturated carbocycles. The van der Waals surface area contributed by atoms with Gasteiger partial charge in [-0.1, -0.05) is 11.6 Å². The molecular formula is C24H13ClF5N3O3. The first kappa shape index (κ1) is 23.7. The molecule has 0 aliphatic carbocycles. The van der Waals surface area contributed by atoms with E-state index in [2.05, 4.69) is 16.0 Å². The summed E-state index contributed by atoms with van der Waals surface area (Å²) < 4.78 is 67.3. The maximum absolute atomic E-state index is 14.0. The monoisotopic (exact) mass is 521 g/mol. The van der Waals surface area contributed by atoms with Crippen molar-refractivity contribution in [2.24, 2.45) is 0 Å². The van der Waals surface area contributed by atoms with Gasteiger partial charge in [0.15, 0.2) is 0 Å². The van der Waals surface area contributed by atoms with Crippen LogP contribution >= 0.6 is 11.6 Å². The Balaban J connectivity index is 1.65. The summed E-state index contributed by atoms with van der Waals surface area (Å²) in [5.74, 6) is -4.21. The number of amides is 3. The van der Waals surface area contributed by atoms with Crippen LogP contribution in [0.4, 0.5) is 27.6 Å². The van der Waals surface area contributed by atoms with Crippen molar-refractivity contribution in [1.82, 2.24) is 10.6 Å². The lowest BCUT2D eigenvalue weighted by Gasteiger charge is -2.19.